The van der Waals surface area contributed by atoms with Crippen LogP contribution < -0.4 is 14.8 Å². The number of allylic oxidation sites excluding steroid dienone is 1. The predicted octanol–water partition coefficient (Wildman–Crippen LogP) is 9.64. The van der Waals surface area contributed by atoms with Crippen molar-refractivity contribution in [3.8, 4) is 11.6 Å². The molecular weight excluding hydrogens is 784 g/mol. The number of ketones is 2. The molecule has 10 rings (SSSR count). The number of rotatable bonds is 11. The number of fused-ring (bicyclic) bond motifs is 3. The second-order valence-electron chi connectivity index (χ2n) is 16.4. The summed E-state index contributed by atoms with van der Waals surface area (Å²) in [5.41, 5.74) is 0.953. The largest absolute Gasteiger partial charge is 0.488 e. The van der Waals surface area contributed by atoms with Gasteiger partial charge in [-0.2, -0.15) is 13.2 Å². The van der Waals surface area contributed by atoms with Gasteiger partial charge in [-0.25, -0.2) is 0 Å². The maximum atomic E-state index is 15.6. The minimum Gasteiger partial charge on any atom is -0.488 e. The number of carbonyl (C=O) groups is 2. The molecule has 316 valence electrons. The van der Waals surface area contributed by atoms with Gasteiger partial charge in [-0.1, -0.05) is 105 Å². The normalized spacial score (nSPS) is 22.5. The van der Waals surface area contributed by atoms with Crippen LogP contribution in [0.15, 0.2) is 113 Å². The number of nitrogens with one attached hydrogen (secondary N) is 1. The smallest absolute Gasteiger partial charge is 0.417 e. The SMILES string of the molecule is CCNCC.O=C1C2=C3O[C@]34C(=O)c3c(OCc5ccccc5)noc3C[C@@H]4CC2Cc2c1c(OCc1ccccc1)cc(C1CCCN1Cc1ccccc1)c2C(F)(F)F. The van der Waals surface area contributed by atoms with Gasteiger partial charge in [-0.05, 0) is 90.3 Å². The first-order valence-electron chi connectivity index (χ1n) is 21.2. The number of nitrogens with zero attached hydrogens (tertiary/aromatic N) is 2. The molecule has 2 saturated heterocycles. The maximum absolute atomic E-state index is 15.6. The summed E-state index contributed by atoms with van der Waals surface area (Å²) in [7, 11) is 0. The van der Waals surface area contributed by atoms with Gasteiger partial charge in [-0.3, -0.25) is 14.5 Å². The van der Waals surface area contributed by atoms with Crippen molar-refractivity contribution in [1.29, 1.82) is 0 Å². The standard InChI is InChI=1S/C45H37F3N2O6.C4H11N/c46-45(47,48)39-31(33-17-10-18-50(33)23-26-11-4-1-5-12-26)22-34(53-24-27-13-6-2-7-14-27)37-32(39)20-29-19-30-21-35-38(41(52)44(30)42(55-44)36(29)40(37)51)43(49-56-35)54-25-28-15-8-3-9-16-28;1-3-5-4-2/h1-9,11-16,22,29-30,33H,10,17-21,23-25H2;5H,3-4H2,1-2H3/t29?,30-,33?,44+;/m0./s1. The summed E-state index contributed by atoms with van der Waals surface area (Å²) in [6.07, 6.45) is -2.98. The van der Waals surface area contributed by atoms with E-state index in [-0.39, 0.29) is 77.7 Å². The first kappa shape index (κ1) is 40.7. The Bertz CT molecular complexity index is 2450. The number of aromatic nitrogens is 1. The van der Waals surface area contributed by atoms with Crippen LogP contribution in [0.1, 0.15) is 99.0 Å². The lowest BCUT2D eigenvalue weighted by Crippen LogP contribution is -2.44. The topological polar surface area (TPSA) is 106 Å². The van der Waals surface area contributed by atoms with Gasteiger partial charge in [0.1, 0.15) is 24.5 Å². The van der Waals surface area contributed by atoms with Crippen molar-refractivity contribution in [1.82, 2.24) is 15.4 Å². The van der Waals surface area contributed by atoms with Gasteiger partial charge >= 0.3 is 6.18 Å². The van der Waals surface area contributed by atoms with Gasteiger partial charge in [0.25, 0.3) is 5.88 Å². The van der Waals surface area contributed by atoms with Crippen molar-refractivity contribution in [3.05, 3.63) is 159 Å². The molecule has 0 bridgehead atoms. The first-order chi connectivity index (χ1) is 29.6. The Hall–Kier alpha value is -5.72. The molecule has 3 aliphatic carbocycles. The van der Waals surface area contributed by atoms with Gasteiger partial charge in [-0.15, -0.1) is 0 Å². The Labute approximate surface area is 352 Å². The van der Waals surface area contributed by atoms with E-state index in [2.05, 4.69) is 29.2 Å². The summed E-state index contributed by atoms with van der Waals surface area (Å²) in [5.74, 6) is -1.29. The number of halogens is 3. The molecule has 0 radical (unpaired) electrons. The number of epoxide rings is 1. The molecule has 2 fully saturated rings. The molecule has 4 atom stereocenters. The highest BCUT2D eigenvalue weighted by molar-refractivity contribution is 6.17. The van der Waals surface area contributed by atoms with Crippen molar-refractivity contribution >= 4 is 11.6 Å². The zero-order valence-electron chi connectivity index (χ0n) is 34.2. The fourth-order valence-corrected chi connectivity index (χ4v) is 9.86. The zero-order chi connectivity index (χ0) is 42.3. The number of carbonyl (C=O) groups excluding carboxylic acids is 2. The lowest BCUT2D eigenvalue weighted by Gasteiger charge is -2.37. The van der Waals surface area contributed by atoms with E-state index in [1.165, 1.54) is 6.07 Å². The average molecular weight is 832 g/mol. The lowest BCUT2D eigenvalue weighted by atomic mass is 9.62. The number of Topliss-reactive ketones (excluding diaryl/α,β-unsaturated/α-hetero) is 2. The van der Waals surface area contributed by atoms with Crippen LogP contribution in [0.2, 0.25) is 0 Å². The van der Waals surface area contributed by atoms with Crippen LogP contribution >= 0.6 is 0 Å². The molecule has 5 aliphatic rings. The molecule has 12 heteroatoms. The first-order valence-corrected chi connectivity index (χ1v) is 21.2. The van der Waals surface area contributed by atoms with E-state index in [1.54, 1.807) is 0 Å². The van der Waals surface area contributed by atoms with E-state index in [0.717, 1.165) is 36.2 Å². The molecule has 2 unspecified atom stereocenters. The summed E-state index contributed by atoms with van der Waals surface area (Å²) in [6.45, 7) is 7.75. The van der Waals surface area contributed by atoms with Gasteiger partial charge in [0.05, 0.1) is 11.1 Å². The number of hydrogen-bond donors (Lipinski definition) is 1. The Morgan fingerprint density at radius 2 is 1.49 bits per heavy atom. The highest BCUT2D eigenvalue weighted by Crippen LogP contribution is 2.64. The Kier molecular flexibility index (Phi) is 11.1. The van der Waals surface area contributed by atoms with Crippen LogP contribution in [-0.2, 0) is 43.5 Å². The third kappa shape index (κ3) is 7.54. The minimum absolute atomic E-state index is 0.0452. The minimum atomic E-state index is -4.75. The number of likely N-dealkylation sites (tertiary alicyclic amines) is 1. The zero-order valence-corrected chi connectivity index (χ0v) is 34.2. The van der Waals surface area contributed by atoms with E-state index >= 15 is 13.2 Å². The molecule has 5 aromatic rings. The van der Waals surface area contributed by atoms with Crippen LogP contribution in [-0.4, -0.2) is 46.9 Å². The van der Waals surface area contributed by atoms with Gasteiger partial charge < -0.3 is 24.1 Å². The third-order valence-electron chi connectivity index (χ3n) is 12.6. The fourth-order valence-electron chi connectivity index (χ4n) is 9.86. The maximum Gasteiger partial charge on any atom is 0.417 e. The quantitative estimate of drug-likeness (QED) is 0.130. The molecule has 0 amide bonds. The number of benzene rings is 4. The molecule has 0 saturated carbocycles. The molecular formula is C49H48F3N3O6. The van der Waals surface area contributed by atoms with Crippen LogP contribution in [0.4, 0.5) is 13.2 Å². The Morgan fingerprint density at radius 1 is 0.852 bits per heavy atom. The van der Waals surface area contributed by atoms with E-state index in [4.69, 9.17) is 18.7 Å². The highest BCUT2D eigenvalue weighted by atomic mass is 19.4. The van der Waals surface area contributed by atoms with Crippen molar-refractivity contribution in [3.63, 3.8) is 0 Å². The molecule has 2 aliphatic heterocycles. The van der Waals surface area contributed by atoms with Gasteiger partial charge in [0.2, 0.25) is 11.4 Å². The van der Waals surface area contributed by atoms with Crippen molar-refractivity contribution in [2.45, 2.75) is 83.5 Å². The summed E-state index contributed by atoms with van der Waals surface area (Å²) in [6, 6.07) is 29.4. The van der Waals surface area contributed by atoms with Crippen LogP contribution in [0.25, 0.3) is 0 Å². The molecule has 1 aromatic heterocycles. The number of hydrogen-bond acceptors (Lipinski definition) is 9. The summed E-state index contributed by atoms with van der Waals surface area (Å²) in [5, 5.41) is 7.19. The van der Waals surface area contributed by atoms with E-state index in [9.17, 15) is 9.59 Å². The molecule has 9 nitrogen and oxygen atoms in total. The second kappa shape index (κ2) is 16.6. The van der Waals surface area contributed by atoms with Crippen LogP contribution in [0.3, 0.4) is 0 Å². The van der Waals surface area contributed by atoms with E-state index in [0.29, 0.717) is 25.3 Å². The molecule has 4 aromatic carbocycles. The Balaban J connectivity index is 0.000000902. The number of alkyl halides is 3. The van der Waals surface area contributed by atoms with E-state index < -0.39 is 46.8 Å². The molecule has 1 spiro atoms. The van der Waals surface area contributed by atoms with Crippen molar-refractivity contribution in [2.24, 2.45) is 11.8 Å². The molecule has 61 heavy (non-hydrogen) atoms. The van der Waals surface area contributed by atoms with Crippen LogP contribution in [0.5, 0.6) is 11.6 Å². The number of ether oxygens (including phenoxy) is 3. The van der Waals surface area contributed by atoms with Crippen molar-refractivity contribution < 1.29 is 41.5 Å². The van der Waals surface area contributed by atoms with Gasteiger partial charge in [0, 0.05) is 30.5 Å². The Morgan fingerprint density at radius 3 is 2.11 bits per heavy atom. The molecule has 3 heterocycles. The summed E-state index contributed by atoms with van der Waals surface area (Å²) in [4.78, 5) is 31.3. The lowest BCUT2D eigenvalue weighted by molar-refractivity contribution is -0.139. The average Bonchev–Trinajstić information content (AvgIpc) is 3.62. The second-order valence-corrected chi connectivity index (χ2v) is 16.4. The summed E-state index contributed by atoms with van der Waals surface area (Å²) >= 11 is 0. The van der Waals surface area contributed by atoms with Gasteiger partial charge in [0.15, 0.2) is 17.3 Å². The molecule has 1 N–H and O–H groups in total. The van der Waals surface area contributed by atoms with Crippen LogP contribution in [0, 0.1) is 11.8 Å². The monoisotopic (exact) mass is 831 g/mol. The highest BCUT2D eigenvalue weighted by Gasteiger charge is 2.72. The predicted molar refractivity (Wildman–Crippen MR) is 221 cm³/mol. The van der Waals surface area contributed by atoms with E-state index in [1.807, 2.05) is 91.0 Å². The summed E-state index contributed by atoms with van der Waals surface area (Å²) < 4.78 is 71.1. The third-order valence-corrected chi connectivity index (χ3v) is 12.6. The van der Waals surface area contributed by atoms with Crippen molar-refractivity contribution in [2.75, 3.05) is 19.6 Å². The fraction of sp³-hybridized carbons (Fsp3) is 0.367.